The van der Waals surface area contributed by atoms with Gasteiger partial charge in [0.05, 0.1) is 17.2 Å². The number of nitrogens with one attached hydrogen (secondary N) is 3. The van der Waals surface area contributed by atoms with Crippen molar-refractivity contribution in [3.05, 3.63) is 34.1 Å². The van der Waals surface area contributed by atoms with Gasteiger partial charge in [0, 0.05) is 30.6 Å². The van der Waals surface area contributed by atoms with E-state index in [2.05, 4.69) is 15.6 Å². The second-order valence-corrected chi connectivity index (χ2v) is 6.80. The van der Waals surface area contributed by atoms with E-state index < -0.39 is 17.6 Å². The number of hydrogen-bond acceptors (Lipinski definition) is 6. The third-order valence-corrected chi connectivity index (χ3v) is 4.79. The van der Waals surface area contributed by atoms with Crippen molar-refractivity contribution in [3.8, 4) is 0 Å². The Morgan fingerprint density at radius 2 is 2.04 bits per heavy atom. The molecule has 4 N–H and O–H groups in total. The highest BCUT2D eigenvalue weighted by Crippen LogP contribution is 2.22. The zero-order valence-corrected chi connectivity index (χ0v) is 14.9. The van der Waals surface area contributed by atoms with Crippen LogP contribution in [-0.2, 0) is 4.74 Å². The summed E-state index contributed by atoms with van der Waals surface area (Å²) in [4.78, 5) is 26.8. The lowest BCUT2D eigenvalue weighted by atomic mass is 10.1. The van der Waals surface area contributed by atoms with E-state index in [-0.39, 0.29) is 34.6 Å². The molecule has 0 aromatic heterocycles. The molecule has 1 fully saturated rings. The molecule has 138 valence electrons. The number of hydrogen-bond donors (Lipinski definition) is 4. The van der Waals surface area contributed by atoms with Crippen LogP contribution in [0.3, 0.4) is 0 Å². The maximum atomic E-state index is 14.1. The van der Waals surface area contributed by atoms with Crippen molar-refractivity contribution >= 4 is 35.4 Å². The van der Waals surface area contributed by atoms with Crippen LogP contribution < -0.4 is 15.6 Å². The van der Waals surface area contributed by atoms with Crippen LogP contribution in [0.4, 0.5) is 4.39 Å². The van der Waals surface area contributed by atoms with Crippen molar-refractivity contribution in [2.75, 3.05) is 26.4 Å². The summed E-state index contributed by atoms with van der Waals surface area (Å²) in [5.74, 6) is -2.21. The summed E-state index contributed by atoms with van der Waals surface area (Å²) in [7, 11) is 0. The summed E-state index contributed by atoms with van der Waals surface area (Å²) in [6.07, 6.45) is 1.71. The highest BCUT2D eigenvalue weighted by Gasteiger charge is 2.20. The fraction of sp³-hybridized carbons (Fsp3) is 0.467. The lowest BCUT2D eigenvalue weighted by Crippen LogP contribution is -2.36. The molecule has 0 bridgehead atoms. The average Bonchev–Trinajstić information content (AvgIpc) is 2.62. The number of carbonyl (C=O) groups excluding carboxylic acids is 2. The Labute approximate surface area is 153 Å². The molecule has 1 aliphatic heterocycles. The number of halogens is 2. The number of carbonyl (C=O) groups is 2. The molecule has 2 amide bonds. The van der Waals surface area contributed by atoms with Gasteiger partial charge in [-0.05, 0) is 25.0 Å². The van der Waals surface area contributed by atoms with E-state index in [9.17, 15) is 14.0 Å². The summed E-state index contributed by atoms with van der Waals surface area (Å²) < 4.78 is 19.4. The van der Waals surface area contributed by atoms with Crippen LogP contribution >= 0.6 is 23.5 Å². The van der Waals surface area contributed by atoms with Gasteiger partial charge in [0.15, 0.2) is 5.82 Å². The maximum absolute atomic E-state index is 14.1. The van der Waals surface area contributed by atoms with Gasteiger partial charge in [0.25, 0.3) is 11.8 Å². The van der Waals surface area contributed by atoms with Crippen molar-refractivity contribution in [1.82, 2.24) is 15.6 Å². The lowest BCUT2D eigenvalue weighted by Gasteiger charge is -2.21. The molecule has 0 atom stereocenters. The van der Waals surface area contributed by atoms with E-state index >= 15 is 0 Å². The molecule has 1 aromatic rings. The summed E-state index contributed by atoms with van der Waals surface area (Å²) >= 11 is 7.10. The third-order valence-electron chi connectivity index (χ3n) is 3.49. The van der Waals surface area contributed by atoms with Crippen LogP contribution in [0, 0.1) is 5.82 Å². The molecular formula is C15H19ClFN3O4S. The van der Waals surface area contributed by atoms with Crippen molar-refractivity contribution < 1.29 is 23.8 Å². The molecule has 0 unspecified atom stereocenters. The largest absolute Gasteiger partial charge is 0.395 e. The summed E-state index contributed by atoms with van der Waals surface area (Å²) in [6.45, 7) is 1.14. The second kappa shape index (κ2) is 9.93. The van der Waals surface area contributed by atoms with Crippen LogP contribution in [0.2, 0.25) is 5.02 Å². The second-order valence-electron chi connectivity index (χ2n) is 5.28. The lowest BCUT2D eigenvalue weighted by molar-refractivity contribution is 0.0940. The summed E-state index contributed by atoms with van der Waals surface area (Å²) in [6, 6.07) is 2.24. The van der Waals surface area contributed by atoms with Gasteiger partial charge in [-0.15, -0.1) is 0 Å². The Balaban J connectivity index is 1.99. The van der Waals surface area contributed by atoms with Gasteiger partial charge in [-0.25, -0.2) is 4.39 Å². The predicted molar refractivity (Wildman–Crippen MR) is 92.9 cm³/mol. The zero-order valence-electron chi connectivity index (χ0n) is 13.3. The van der Waals surface area contributed by atoms with E-state index in [4.69, 9.17) is 21.4 Å². The molecule has 0 aliphatic carbocycles. The van der Waals surface area contributed by atoms with E-state index in [1.807, 2.05) is 0 Å². The standard InChI is InChI=1S/C15H19ClFN3O4S/c16-12-8-9(14(22)18-3-4-21)7-11(13(12)17)15(23)19-20-25-10-1-5-24-6-2-10/h7-8,10,20-21H,1-6H2,(H,18,22)(H,19,23). The third kappa shape index (κ3) is 5.82. The van der Waals surface area contributed by atoms with Crippen LogP contribution in [0.15, 0.2) is 12.1 Å². The Hall–Kier alpha value is -1.39. The summed E-state index contributed by atoms with van der Waals surface area (Å²) in [5.41, 5.74) is 2.07. The molecule has 0 radical (unpaired) electrons. The van der Waals surface area contributed by atoms with Crippen LogP contribution in [-0.4, -0.2) is 48.5 Å². The van der Waals surface area contributed by atoms with Gasteiger partial charge in [-0.1, -0.05) is 23.5 Å². The van der Waals surface area contributed by atoms with Gasteiger partial charge >= 0.3 is 0 Å². The first kappa shape index (κ1) is 19.9. The Bertz CT molecular complexity index is 629. The van der Waals surface area contributed by atoms with Gasteiger partial charge in [0.2, 0.25) is 0 Å². The maximum Gasteiger partial charge on any atom is 0.269 e. The quantitative estimate of drug-likeness (QED) is 0.412. The SMILES string of the molecule is O=C(NCCO)c1cc(Cl)c(F)c(C(=O)NNSC2CCOCC2)c1. The Morgan fingerprint density at radius 3 is 2.72 bits per heavy atom. The highest BCUT2D eigenvalue weighted by atomic mass is 35.5. The molecule has 0 spiro atoms. The molecular weight excluding hydrogens is 373 g/mol. The van der Waals surface area contributed by atoms with Gasteiger partial charge in [-0.3, -0.25) is 15.0 Å². The first-order chi connectivity index (χ1) is 12.0. The molecule has 1 heterocycles. The van der Waals surface area contributed by atoms with Gasteiger partial charge in [-0.2, -0.15) is 4.83 Å². The van der Waals surface area contributed by atoms with E-state index in [0.29, 0.717) is 13.2 Å². The van der Waals surface area contributed by atoms with Crippen molar-refractivity contribution in [2.24, 2.45) is 0 Å². The Kier molecular flexibility index (Phi) is 7.91. The highest BCUT2D eigenvalue weighted by molar-refractivity contribution is 7.98. The Morgan fingerprint density at radius 1 is 1.32 bits per heavy atom. The van der Waals surface area contributed by atoms with E-state index in [1.54, 1.807) is 0 Å². The first-order valence-corrected chi connectivity index (χ1v) is 8.95. The fourth-order valence-corrected chi connectivity index (χ4v) is 3.14. The number of aliphatic hydroxyl groups excluding tert-OH is 1. The number of amides is 2. The normalized spacial score (nSPS) is 15.0. The van der Waals surface area contributed by atoms with E-state index in [1.165, 1.54) is 11.9 Å². The molecule has 0 saturated carbocycles. The van der Waals surface area contributed by atoms with E-state index in [0.717, 1.165) is 25.0 Å². The van der Waals surface area contributed by atoms with Crippen LogP contribution in [0.1, 0.15) is 33.6 Å². The monoisotopic (exact) mass is 391 g/mol. The summed E-state index contributed by atoms with van der Waals surface area (Å²) in [5, 5.41) is 11.1. The number of ether oxygens (including phenoxy) is 1. The van der Waals surface area contributed by atoms with Crippen molar-refractivity contribution in [1.29, 1.82) is 0 Å². The molecule has 1 saturated heterocycles. The minimum absolute atomic E-state index is 0.0297. The first-order valence-electron chi connectivity index (χ1n) is 7.69. The number of rotatable bonds is 7. The predicted octanol–water partition coefficient (Wildman–Crippen LogP) is 1.26. The van der Waals surface area contributed by atoms with Gasteiger partial charge < -0.3 is 15.2 Å². The van der Waals surface area contributed by atoms with Crippen LogP contribution in [0.5, 0.6) is 0 Å². The van der Waals surface area contributed by atoms with Gasteiger partial charge in [0.1, 0.15) is 0 Å². The molecule has 25 heavy (non-hydrogen) atoms. The number of aliphatic hydroxyl groups is 1. The zero-order chi connectivity index (χ0) is 18.2. The topological polar surface area (TPSA) is 99.7 Å². The molecule has 7 nitrogen and oxygen atoms in total. The molecule has 10 heteroatoms. The van der Waals surface area contributed by atoms with Crippen LogP contribution in [0.25, 0.3) is 0 Å². The average molecular weight is 392 g/mol. The van der Waals surface area contributed by atoms with Crippen molar-refractivity contribution in [3.63, 3.8) is 0 Å². The fourth-order valence-electron chi connectivity index (χ4n) is 2.18. The minimum atomic E-state index is -0.907. The molecule has 1 aliphatic rings. The molecule has 2 rings (SSSR count). The minimum Gasteiger partial charge on any atom is -0.395 e. The molecule has 1 aromatic carbocycles. The number of hydrazine groups is 1. The number of benzene rings is 1. The van der Waals surface area contributed by atoms with Crippen molar-refractivity contribution in [2.45, 2.75) is 18.1 Å². The smallest absolute Gasteiger partial charge is 0.269 e.